The molecule has 142 valence electrons. The maximum Gasteiger partial charge on any atom is 0.223 e. The van der Waals surface area contributed by atoms with Crippen molar-refractivity contribution in [2.24, 2.45) is 0 Å². The number of carbonyl (C=O) groups excluding carboxylic acids is 2. The van der Waals surface area contributed by atoms with E-state index >= 15 is 0 Å². The average molecular weight is 364 g/mol. The summed E-state index contributed by atoms with van der Waals surface area (Å²) >= 11 is 0. The van der Waals surface area contributed by atoms with E-state index in [1.54, 1.807) is 0 Å². The number of aryl methyl sites for hydroxylation is 2. The molecule has 0 saturated carbocycles. The number of benzene rings is 2. The molecule has 0 bridgehead atoms. The van der Waals surface area contributed by atoms with Gasteiger partial charge in [-0.15, -0.1) is 0 Å². The van der Waals surface area contributed by atoms with Crippen molar-refractivity contribution in [2.75, 3.05) is 0 Å². The molecule has 1 saturated heterocycles. The van der Waals surface area contributed by atoms with E-state index < -0.39 is 0 Å². The standard InChI is InChI=1S/C23H28N2O2/c1-3-19-6-4-5-7-20(19)15-24-22(26)14-21-12-13-23(27)25(21)16-18-10-8-17(2)9-11-18/h4-11,21H,3,12-16H2,1-2H3,(H,24,26). The molecule has 4 nitrogen and oxygen atoms in total. The highest BCUT2D eigenvalue weighted by molar-refractivity contribution is 5.82. The van der Waals surface area contributed by atoms with E-state index in [0.717, 1.165) is 24.0 Å². The molecule has 27 heavy (non-hydrogen) atoms. The first-order chi connectivity index (χ1) is 13.1. The molecular weight excluding hydrogens is 336 g/mol. The van der Waals surface area contributed by atoms with Crippen LogP contribution in [0.5, 0.6) is 0 Å². The Labute approximate surface area is 161 Å². The van der Waals surface area contributed by atoms with Crippen molar-refractivity contribution in [1.29, 1.82) is 0 Å². The first kappa shape index (κ1) is 19.2. The van der Waals surface area contributed by atoms with E-state index in [2.05, 4.69) is 55.6 Å². The summed E-state index contributed by atoms with van der Waals surface area (Å²) in [6.45, 7) is 5.29. The van der Waals surface area contributed by atoms with E-state index in [9.17, 15) is 9.59 Å². The number of carbonyl (C=O) groups is 2. The zero-order chi connectivity index (χ0) is 19.2. The molecule has 4 heteroatoms. The van der Waals surface area contributed by atoms with Gasteiger partial charge in [-0.2, -0.15) is 0 Å². The first-order valence-corrected chi connectivity index (χ1v) is 9.75. The van der Waals surface area contributed by atoms with Crippen LogP contribution in [0.1, 0.15) is 48.4 Å². The van der Waals surface area contributed by atoms with E-state index in [1.807, 2.05) is 17.0 Å². The number of nitrogens with zero attached hydrogens (tertiary/aromatic N) is 1. The highest BCUT2D eigenvalue weighted by Crippen LogP contribution is 2.24. The molecule has 0 aliphatic carbocycles. The Bertz CT molecular complexity index is 798. The van der Waals surface area contributed by atoms with Crippen LogP contribution in [-0.4, -0.2) is 22.8 Å². The van der Waals surface area contributed by atoms with E-state index in [4.69, 9.17) is 0 Å². The molecule has 1 heterocycles. The van der Waals surface area contributed by atoms with E-state index in [0.29, 0.717) is 25.9 Å². The topological polar surface area (TPSA) is 49.4 Å². The van der Waals surface area contributed by atoms with E-state index in [1.165, 1.54) is 11.1 Å². The minimum absolute atomic E-state index is 0.00881. The number of likely N-dealkylation sites (tertiary alicyclic amines) is 1. The van der Waals surface area contributed by atoms with Crippen molar-refractivity contribution in [3.05, 3.63) is 70.8 Å². The fraction of sp³-hybridized carbons (Fsp3) is 0.391. The molecule has 1 atom stereocenters. The van der Waals surface area contributed by atoms with Crippen molar-refractivity contribution in [3.8, 4) is 0 Å². The molecule has 0 radical (unpaired) electrons. The van der Waals surface area contributed by atoms with Crippen LogP contribution in [0.15, 0.2) is 48.5 Å². The summed E-state index contributed by atoms with van der Waals surface area (Å²) in [6.07, 6.45) is 2.60. The van der Waals surface area contributed by atoms with Gasteiger partial charge >= 0.3 is 0 Å². The first-order valence-electron chi connectivity index (χ1n) is 9.75. The lowest BCUT2D eigenvalue weighted by Crippen LogP contribution is -2.37. The Morgan fingerprint density at radius 2 is 1.81 bits per heavy atom. The molecule has 1 fully saturated rings. The highest BCUT2D eigenvalue weighted by atomic mass is 16.2. The van der Waals surface area contributed by atoms with Crippen LogP contribution < -0.4 is 5.32 Å². The van der Waals surface area contributed by atoms with Crippen molar-refractivity contribution in [2.45, 2.75) is 58.7 Å². The fourth-order valence-corrected chi connectivity index (χ4v) is 3.67. The normalized spacial score (nSPS) is 16.6. The van der Waals surface area contributed by atoms with Crippen LogP contribution in [0.2, 0.25) is 0 Å². The summed E-state index contributed by atoms with van der Waals surface area (Å²) in [5.74, 6) is 0.152. The number of rotatable bonds is 7. The molecule has 2 aromatic rings. The molecule has 1 aliphatic rings. The quantitative estimate of drug-likeness (QED) is 0.813. The van der Waals surface area contributed by atoms with Crippen molar-refractivity contribution >= 4 is 11.8 Å². The van der Waals surface area contributed by atoms with Crippen LogP contribution in [0.25, 0.3) is 0 Å². The number of amides is 2. The largest absolute Gasteiger partial charge is 0.352 e. The Hall–Kier alpha value is -2.62. The minimum atomic E-state index is -0.0137. The summed E-state index contributed by atoms with van der Waals surface area (Å²) < 4.78 is 0. The van der Waals surface area contributed by atoms with Gasteiger partial charge in [-0.05, 0) is 36.5 Å². The van der Waals surface area contributed by atoms with Gasteiger partial charge in [0, 0.05) is 32.0 Å². The lowest BCUT2D eigenvalue weighted by Gasteiger charge is -2.25. The predicted molar refractivity (Wildman–Crippen MR) is 107 cm³/mol. The maximum absolute atomic E-state index is 12.5. The van der Waals surface area contributed by atoms with Crippen molar-refractivity contribution < 1.29 is 9.59 Å². The third kappa shape index (κ3) is 4.97. The minimum Gasteiger partial charge on any atom is -0.352 e. The second kappa shape index (κ2) is 8.85. The molecule has 0 spiro atoms. The van der Waals surface area contributed by atoms with Gasteiger partial charge in [0.1, 0.15) is 0 Å². The van der Waals surface area contributed by atoms with Gasteiger partial charge in [0.15, 0.2) is 0 Å². The molecular formula is C23H28N2O2. The summed E-state index contributed by atoms with van der Waals surface area (Å²) in [4.78, 5) is 26.6. The zero-order valence-corrected chi connectivity index (χ0v) is 16.2. The van der Waals surface area contributed by atoms with Crippen LogP contribution >= 0.6 is 0 Å². The SMILES string of the molecule is CCc1ccccc1CNC(=O)CC1CCC(=O)N1Cc1ccc(C)cc1. The predicted octanol–water partition coefficient (Wildman–Crippen LogP) is 3.75. The Kier molecular flexibility index (Phi) is 6.28. The van der Waals surface area contributed by atoms with Gasteiger partial charge < -0.3 is 10.2 Å². The molecule has 2 amide bonds. The Morgan fingerprint density at radius 3 is 2.52 bits per heavy atom. The summed E-state index contributed by atoms with van der Waals surface area (Å²) in [6, 6.07) is 16.4. The average Bonchev–Trinajstić information content (AvgIpc) is 3.01. The van der Waals surface area contributed by atoms with Crippen LogP contribution in [-0.2, 0) is 29.1 Å². The van der Waals surface area contributed by atoms with Crippen LogP contribution in [0.3, 0.4) is 0 Å². The molecule has 1 unspecified atom stereocenters. The molecule has 1 aliphatic heterocycles. The number of hydrogen-bond acceptors (Lipinski definition) is 2. The van der Waals surface area contributed by atoms with Crippen LogP contribution in [0, 0.1) is 6.92 Å². The third-order valence-corrected chi connectivity index (χ3v) is 5.32. The Morgan fingerprint density at radius 1 is 1.11 bits per heavy atom. The second-order valence-electron chi connectivity index (χ2n) is 7.30. The molecule has 1 N–H and O–H groups in total. The molecule has 0 aromatic heterocycles. The van der Waals surface area contributed by atoms with Gasteiger partial charge in [0.05, 0.1) is 0 Å². The summed E-state index contributed by atoms with van der Waals surface area (Å²) in [7, 11) is 0. The van der Waals surface area contributed by atoms with Gasteiger partial charge in [0.25, 0.3) is 0 Å². The van der Waals surface area contributed by atoms with Crippen LogP contribution in [0.4, 0.5) is 0 Å². The fourth-order valence-electron chi connectivity index (χ4n) is 3.67. The third-order valence-electron chi connectivity index (χ3n) is 5.32. The van der Waals surface area contributed by atoms with Crippen molar-refractivity contribution in [1.82, 2.24) is 10.2 Å². The Balaban J connectivity index is 1.57. The number of nitrogens with one attached hydrogen (secondary N) is 1. The summed E-state index contributed by atoms with van der Waals surface area (Å²) in [5, 5.41) is 3.03. The van der Waals surface area contributed by atoms with Gasteiger partial charge in [-0.3, -0.25) is 9.59 Å². The lowest BCUT2D eigenvalue weighted by atomic mass is 10.1. The monoisotopic (exact) mass is 364 g/mol. The molecule has 2 aromatic carbocycles. The molecule has 3 rings (SSSR count). The highest BCUT2D eigenvalue weighted by Gasteiger charge is 2.32. The smallest absolute Gasteiger partial charge is 0.223 e. The second-order valence-corrected chi connectivity index (χ2v) is 7.30. The van der Waals surface area contributed by atoms with Gasteiger partial charge in [-0.25, -0.2) is 0 Å². The van der Waals surface area contributed by atoms with Gasteiger partial charge in [0.2, 0.25) is 11.8 Å². The maximum atomic E-state index is 12.5. The van der Waals surface area contributed by atoms with E-state index in [-0.39, 0.29) is 17.9 Å². The van der Waals surface area contributed by atoms with Gasteiger partial charge in [-0.1, -0.05) is 61.0 Å². The number of hydrogen-bond donors (Lipinski definition) is 1. The zero-order valence-electron chi connectivity index (χ0n) is 16.2. The summed E-state index contributed by atoms with van der Waals surface area (Å²) in [5.41, 5.74) is 4.73. The lowest BCUT2D eigenvalue weighted by molar-refractivity contribution is -0.130. The van der Waals surface area contributed by atoms with Crippen molar-refractivity contribution in [3.63, 3.8) is 0 Å².